The molecule has 2 saturated heterocycles. The van der Waals surface area contributed by atoms with Crippen molar-refractivity contribution >= 4 is 16.6 Å². The molecule has 37 heavy (non-hydrogen) atoms. The predicted molar refractivity (Wildman–Crippen MR) is 150 cm³/mol. The number of piperidine rings is 1. The smallest absolute Gasteiger partial charge is 0.156 e. The van der Waals surface area contributed by atoms with Gasteiger partial charge in [-0.15, -0.1) is 5.10 Å². The largest absolute Gasteiger partial charge is 0.497 e. The van der Waals surface area contributed by atoms with E-state index in [9.17, 15) is 0 Å². The summed E-state index contributed by atoms with van der Waals surface area (Å²) in [5.74, 6) is 2.70. The number of anilines is 1. The highest BCUT2D eigenvalue weighted by molar-refractivity contribution is 5.94. The maximum absolute atomic E-state index is 6.33. The number of methoxy groups -OCH3 is 1. The van der Waals surface area contributed by atoms with Crippen molar-refractivity contribution in [3.8, 4) is 11.5 Å². The van der Waals surface area contributed by atoms with Gasteiger partial charge in [-0.3, -0.25) is 4.90 Å². The zero-order valence-electron chi connectivity index (χ0n) is 22.6. The number of likely N-dealkylation sites (tertiary alicyclic amines) is 2. The lowest BCUT2D eigenvalue weighted by Gasteiger charge is -2.32. The molecule has 0 radical (unpaired) electrons. The van der Waals surface area contributed by atoms with Crippen LogP contribution in [0.4, 0.5) is 5.82 Å². The molecule has 0 bridgehead atoms. The van der Waals surface area contributed by atoms with Crippen molar-refractivity contribution < 1.29 is 9.47 Å². The highest BCUT2D eigenvalue weighted by Gasteiger charge is 2.21. The van der Waals surface area contributed by atoms with Gasteiger partial charge in [0.15, 0.2) is 5.82 Å². The topological polar surface area (TPSA) is 62.8 Å². The molecule has 1 atom stereocenters. The van der Waals surface area contributed by atoms with Gasteiger partial charge in [0.25, 0.3) is 0 Å². The third-order valence-electron chi connectivity index (χ3n) is 7.95. The van der Waals surface area contributed by atoms with Crippen molar-refractivity contribution in [2.75, 3.05) is 45.2 Å². The summed E-state index contributed by atoms with van der Waals surface area (Å²) in [6.45, 7) is 10.8. The van der Waals surface area contributed by atoms with Gasteiger partial charge in [-0.1, -0.05) is 19.1 Å². The summed E-state index contributed by atoms with van der Waals surface area (Å²) in [6.07, 6.45) is 6.00. The average molecular weight is 504 g/mol. The number of hydrogen-bond acceptors (Lipinski definition) is 7. The van der Waals surface area contributed by atoms with Crippen molar-refractivity contribution in [1.29, 1.82) is 0 Å². The first-order chi connectivity index (χ1) is 18.1. The highest BCUT2D eigenvalue weighted by atomic mass is 16.5. The van der Waals surface area contributed by atoms with E-state index in [-0.39, 0.29) is 0 Å². The summed E-state index contributed by atoms with van der Waals surface area (Å²) in [5.41, 5.74) is 2.28. The Bertz CT molecular complexity index is 1160. The van der Waals surface area contributed by atoms with Gasteiger partial charge in [-0.25, -0.2) is 0 Å². The summed E-state index contributed by atoms with van der Waals surface area (Å²) in [6, 6.07) is 15.3. The molecular weight excluding hydrogens is 462 g/mol. The lowest BCUT2D eigenvalue weighted by molar-refractivity contribution is 0.181. The van der Waals surface area contributed by atoms with Gasteiger partial charge in [0.2, 0.25) is 0 Å². The fraction of sp³-hybridized carbons (Fsp3) is 0.533. The van der Waals surface area contributed by atoms with E-state index in [1.54, 1.807) is 7.11 Å². The molecule has 0 saturated carbocycles. The number of nitrogens with zero attached hydrogens (tertiary/aromatic N) is 4. The Morgan fingerprint density at radius 2 is 1.62 bits per heavy atom. The number of aryl methyl sites for hydroxylation is 1. The minimum absolute atomic E-state index is 0.338. The quantitative estimate of drug-likeness (QED) is 0.449. The summed E-state index contributed by atoms with van der Waals surface area (Å²) < 4.78 is 11.8. The molecule has 7 heteroatoms. The molecule has 3 aromatic rings. The molecule has 2 aromatic carbocycles. The maximum Gasteiger partial charge on any atom is 0.156 e. The number of nitrogens with one attached hydrogen (secondary N) is 1. The number of aromatic nitrogens is 2. The van der Waals surface area contributed by atoms with E-state index in [0.29, 0.717) is 12.1 Å². The Hall–Kier alpha value is -2.90. The van der Waals surface area contributed by atoms with Crippen LogP contribution < -0.4 is 14.8 Å². The van der Waals surface area contributed by atoms with Crippen molar-refractivity contribution in [3.05, 3.63) is 53.7 Å². The van der Waals surface area contributed by atoms with Crippen LogP contribution in [0, 0.1) is 6.92 Å². The van der Waals surface area contributed by atoms with Gasteiger partial charge in [0.05, 0.1) is 18.9 Å². The Labute approximate surface area is 221 Å². The SMILES string of the molecule is CCN1CCCC(Oc2ccc(CN3CCC(Nc4nnc(C)c5ccc(OC)cc45)CC3)cc2)CC1. The lowest BCUT2D eigenvalue weighted by atomic mass is 10.0. The van der Waals surface area contributed by atoms with Gasteiger partial charge in [-0.2, -0.15) is 5.10 Å². The van der Waals surface area contributed by atoms with Gasteiger partial charge in [0, 0.05) is 43.0 Å². The van der Waals surface area contributed by atoms with Crippen LogP contribution in [-0.4, -0.2) is 72.0 Å². The molecular formula is C30H41N5O2. The summed E-state index contributed by atoms with van der Waals surface area (Å²) >= 11 is 0. The molecule has 2 aliphatic heterocycles. The van der Waals surface area contributed by atoms with Crippen molar-refractivity contribution in [2.45, 2.75) is 64.6 Å². The van der Waals surface area contributed by atoms with E-state index in [0.717, 1.165) is 92.2 Å². The Balaban J connectivity index is 1.12. The second-order valence-corrected chi connectivity index (χ2v) is 10.5. The molecule has 0 amide bonds. The van der Waals surface area contributed by atoms with Crippen LogP contribution in [0.5, 0.6) is 11.5 Å². The second-order valence-electron chi connectivity index (χ2n) is 10.5. The molecule has 198 valence electrons. The van der Waals surface area contributed by atoms with E-state index in [4.69, 9.17) is 9.47 Å². The van der Waals surface area contributed by atoms with Crippen LogP contribution >= 0.6 is 0 Å². The fourth-order valence-corrected chi connectivity index (χ4v) is 5.61. The predicted octanol–water partition coefficient (Wildman–Crippen LogP) is 5.28. The standard InChI is InChI=1S/C30H41N5O2/c1-4-34-16-5-6-25(15-19-34)37-26-9-7-23(8-10-26)21-35-17-13-24(14-18-35)31-30-29-20-27(36-3)11-12-28(29)22(2)32-33-30/h7-12,20,24-25H,4-6,13-19,21H2,1-3H3,(H,31,33). The Morgan fingerprint density at radius 1 is 0.865 bits per heavy atom. The van der Waals surface area contributed by atoms with Crippen LogP contribution in [0.15, 0.2) is 42.5 Å². The van der Waals surface area contributed by atoms with Crippen molar-refractivity contribution in [1.82, 2.24) is 20.0 Å². The molecule has 1 unspecified atom stereocenters. The Morgan fingerprint density at radius 3 is 2.38 bits per heavy atom. The summed E-state index contributed by atoms with van der Waals surface area (Å²) in [7, 11) is 1.70. The van der Waals surface area contributed by atoms with Crippen LogP contribution in [0.3, 0.4) is 0 Å². The number of hydrogen-bond donors (Lipinski definition) is 1. The average Bonchev–Trinajstić information content (AvgIpc) is 3.17. The van der Waals surface area contributed by atoms with E-state index < -0.39 is 0 Å². The van der Waals surface area contributed by atoms with Crippen LogP contribution in [0.2, 0.25) is 0 Å². The van der Waals surface area contributed by atoms with Crippen LogP contribution in [0.25, 0.3) is 10.8 Å². The molecule has 0 spiro atoms. The fourth-order valence-electron chi connectivity index (χ4n) is 5.61. The van der Waals surface area contributed by atoms with E-state index in [1.807, 2.05) is 13.0 Å². The number of ether oxygens (including phenoxy) is 2. The lowest BCUT2D eigenvalue weighted by Crippen LogP contribution is -2.38. The Kier molecular flexibility index (Phi) is 8.41. The maximum atomic E-state index is 6.33. The normalized spacial score (nSPS) is 20.0. The molecule has 5 rings (SSSR count). The molecule has 1 aromatic heterocycles. The minimum atomic E-state index is 0.338. The highest BCUT2D eigenvalue weighted by Crippen LogP contribution is 2.29. The first-order valence-corrected chi connectivity index (χ1v) is 13.9. The van der Waals surface area contributed by atoms with E-state index in [2.05, 4.69) is 68.6 Å². The number of rotatable bonds is 8. The molecule has 1 N–H and O–H groups in total. The second kappa shape index (κ2) is 12.1. The van der Waals surface area contributed by atoms with Gasteiger partial charge in [-0.05, 0) is 88.0 Å². The van der Waals surface area contributed by atoms with Gasteiger partial charge in [0.1, 0.15) is 11.5 Å². The van der Waals surface area contributed by atoms with E-state index >= 15 is 0 Å². The van der Waals surface area contributed by atoms with Crippen molar-refractivity contribution in [2.24, 2.45) is 0 Å². The van der Waals surface area contributed by atoms with Crippen LogP contribution in [0.1, 0.15) is 50.3 Å². The zero-order valence-corrected chi connectivity index (χ0v) is 22.6. The zero-order chi connectivity index (χ0) is 25.6. The third kappa shape index (κ3) is 6.51. The monoisotopic (exact) mass is 503 g/mol. The molecule has 3 heterocycles. The summed E-state index contributed by atoms with van der Waals surface area (Å²) in [4.78, 5) is 5.07. The van der Waals surface area contributed by atoms with Gasteiger partial charge >= 0.3 is 0 Å². The molecule has 7 nitrogen and oxygen atoms in total. The molecule has 2 fully saturated rings. The first kappa shape index (κ1) is 25.7. The van der Waals surface area contributed by atoms with Crippen LogP contribution in [-0.2, 0) is 6.54 Å². The third-order valence-corrected chi connectivity index (χ3v) is 7.95. The minimum Gasteiger partial charge on any atom is -0.497 e. The number of fused-ring (bicyclic) bond motifs is 1. The van der Waals surface area contributed by atoms with E-state index in [1.165, 1.54) is 18.5 Å². The first-order valence-electron chi connectivity index (χ1n) is 13.9. The summed E-state index contributed by atoms with van der Waals surface area (Å²) in [5, 5.41) is 14.7. The molecule has 0 aliphatic carbocycles. The van der Waals surface area contributed by atoms with Crippen molar-refractivity contribution in [3.63, 3.8) is 0 Å². The molecule has 2 aliphatic rings. The van der Waals surface area contributed by atoms with Gasteiger partial charge < -0.3 is 19.7 Å². The number of benzene rings is 2.